The van der Waals surface area contributed by atoms with Crippen molar-refractivity contribution in [1.29, 1.82) is 0 Å². The second kappa shape index (κ2) is 7.18. The zero-order chi connectivity index (χ0) is 13.5. The molecule has 0 aromatic heterocycles. The molecule has 1 amide bonds. The summed E-state index contributed by atoms with van der Waals surface area (Å²) in [5.41, 5.74) is 7.09. The molecule has 0 saturated carbocycles. The quantitative estimate of drug-likeness (QED) is 0.699. The van der Waals surface area contributed by atoms with Gasteiger partial charge >= 0.3 is 0 Å². The molecular weight excluding hydrogens is 270 g/mol. The fourth-order valence-electron chi connectivity index (χ4n) is 1.47. The maximum Gasteiger partial charge on any atom is 0.221 e. The summed E-state index contributed by atoms with van der Waals surface area (Å²) in [4.78, 5) is 11.6. The van der Waals surface area contributed by atoms with E-state index in [0.29, 0.717) is 29.5 Å². The van der Waals surface area contributed by atoms with Gasteiger partial charge in [0.2, 0.25) is 5.91 Å². The van der Waals surface area contributed by atoms with Gasteiger partial charge in [0.25, 0.3) is 0 Å². The van der Waals surface area contributed by atoms with Gasteiger partial charge in [-0.3, -0.25) is 4.79 Å². The molecule has 1 aromatic carbocycles. The molecule has 0 bridgehead atoms. The Hall–Kier alpha value is -1.33. The molecule has 0 unspecified atom stereocenters. The van der Waals surface area contributed by atoms with E-state index in [1.54, 1.807) is 18.2 Å². The number of hydrogen-bond acceptors (Lipinski definition) is 3. The summed E-state index contributed by atoms with van der Waals surface area (Å²) in [7, 11) is 0. The van der Waals surface area contributed by atoms with E-state index < -0.39 is 0 Å². The van der Waals surface area contributed by atoms with Gasteiger partial charge in [-0.05, 0) is 25.1 Å². The highest BCUT2D eigenvalue weighted by atomic mass is 35.5. The first-order valence-electron chi connectivity index (χ1n) is 5.64. The molecule has 0 aliphatic rings. The van der Waals surface area contributed by atoms with Gasteiger partial charge in [-0.1, -0.05) is 23.8 Å². The van der Waals surface area contributed by atoms with Crippen molar-refractivity contribution in [1.82, 2.24) is 5.32 Å². The van der Waals surface area contributed by atoms with Crippen molar-refractivity contribution in [2.75, 3.05) is 18.4 Å². The van der Waals surface area contributed by atoms with Crippen LogP contribution in [0.25, 0.3) is 0 Å². The smallest absolute Gasteiger partial charge is 0.221 e. The van der Waals surface area contributed by atoms with Gasteiger partial charge in [0.15, 0.2) is 0 Å². The average molecular weight is 286 g/mol. The lowest BCUT2D eigenvalue weighted by atomic mass is 10.1. The van der Waals surface area contributed by atoms with Gasteiger partial charge in [0, 0.05) is 35.8 Å². The molecule has 0 fully saturated rings. The Bertz CT molecular complexity index is 451. The molecule has 1 aromatic rings. The summed E-state index contributed by atoms with van der Waals surface area (Å²) in [6, 6.07) is 5.23. The van der Waals surface area contributed by atoms with Crippen molar-refractivity contribution in [2.45, 2.75) is 13.3 Å². The second-order valence-electron chi connectivity index (χ2n) is 3.68. The SMILES string of the molecule is CCNC(=O)CCNc1cc(Cl)ccc1C(N)=S. The van der Waals surface area contributed by atoms with Crippen molar-refractivity contribution in [3.05, 3.63) is 28.8 Å². The van der Waals surface area contributed by atoms with E-state index in [2.05, 4.69) is 10.6 Å². The van der Waals surface area contributed by atoms with Gasteiger partial charge in [0.1, 0.15) is 4.99 Å². The minimum Gasteiger partial charge on any atom is -0.389 e. The standard InChI is InChI=1S/C12H16ClN3OS/c1-2-15-11(17)5-6-16-10-7-8(13)3-4-9(10)12(14)18/h3-4,7,16H,2,5-6H2,1H3,(H2,14,18)(H,15,17). The first-order chi connectivity index (χ1) is 8.54. The lowest BCUT2D eigenvalue weighted by Gasteiger charge is -2.11. The number of thiocarbonyl (C=S) groups is 1. The van der Waals surface area contributed by atoms with Crippen molar-refractivity contribution >= 4 is 40.4 Å². The van der Waals surface area contributed by atoms with Crippen LogP contribution in [0.4, 0.5) is 5.69 Å². The summed E-state index contributed by atoms with van der Waals surface area (Å²) in [6.45, 7) is 3.02. The molecule has 18 heavy (non-hydrogen) atoms. The van der Waals surface area contributed by atoms with E-state index in [0.717, 1.165) is 11.3 Å². The van der Waals surface area contributed by atoms with E-state index >= 15 is 0 Å². The van der Waals surface area contributed by atoms with Crippen LogP contribution in [0.2, 0.25) is 5.02 Å². The monoisotopic (exact) mass is 285 g/mol. The highest BCUT2D eigenvalue weighted by Crippen LogP contribution is 2.21. The van der Waals surface area contributed by atoms with Crippen molar-refractivity contribution in [3.63, 3.8) is 0 Å². The number of nitrogens with one attached hydrogen (secondary N) is 2. The van der Waals surface area contributed by atoms with Crippen molar-refractivity contribution < 1.29 is 4.79 Å². The largest absolute Gasteiger partial charge is 0.389 e. The molecule has 0 saturated heterocycles. The first kappa shape index (κ1) is 14.7. The lowest BCUT2D eigenvalue weighted by Crippen LogP contribution is -2.25. The van der Waals surface area contributed by atoms with Gasteiger partial charge in [0.05, 0.1) is 0 Å². The highest BCUT2D eigenvalue weighted by molar-refractivity contribution is 7.80. The summed E-state index contributed by atoms with van der Waals surface area (Å²) < 4.78 is 0. The lowest BCUT2D eigenvalue weighted by molar-refractivity contribution is -0.120. The van der Waals surface area contributed by atoms with Crippen LogP contribution in [-0.4, -0.2) is 24.0 Å². The average Bonchev–Trinajstić information content (AvgIpc) is 2.29. The summed E-state index contributed by atoms with van der Waals surface area (Å²) >= 11 is 10.9. The second-order valence-corrected chi connectivity index (χ2v) is 4.56. The third-order valence-corrected chi connectivity index (χ3v) is 2.74. The Kier molecular flexibility index (Phi) is 5.88. The van der Waals surface area contributed by atoms with E-state index in [9.17, 15) is 4.79 Å². The summed E-state index contributed by atoms with van der Waals surface area (Å²) in [6.07, 6.45) is 0.386. The molecule has 1 rings (SSSR count). The molecule has 98 valence electrons. The Labute approximate surface area is 117 Å². The fraction of sp³-hybridized carbons (Fsp3) is 0.333. The number of benzene rings is 1. The molecule has 0 aliphatic carbocycles. The predicted octanol–water partition coefficient (Wildman–Crippen LogP) is 1.91. The first-order valence-corrected chi connectivity index (χ1v) is 6.43. The molecule has 0 aliphatic heterocycles. The number of carbonyl (C=O) groups is 1. The Morgan fingerprint density at radius 1 is 1.50 bits per heavy atom. The molecule has 4 nitrogen and oxygen atoms in total. The van der Waals surface area contributed by atoms with Crippen LogP contribution in [0.3, 0.4) is 0 Å². The topological polar surface area (TPSA) is 67.2 Å². The van der Waals surface area contributed by atoms with E-state index in [4.69, 9.17) is 29.6 Å². The van der Waals surface area contributed by atoms with Crippen LogP contribution in [0.5, 0.6) is 0 Å². The third-order valence-electron chi connectivity index (χ3n) is 2.29. The van der Waals surface area contributed by atoms with Crippen LogP contribution in [-0.2, 0) is 4.79 Å². The Balaban J connectivity index is 2.63. The number of carbonyl (C=O) groups excluding carboxylic acids is 1. The maximum absolute atomic E-state index is 11.3. The van der Waals surface area contributed by atoms with E-state index in [1.165, 1.54) is 0 Å². The van der Waals surface area contributed by atoms with Gasteiger partial charge in [-0.15, -0.1) is 0 Å². The number of rotatable bonds is 6. The third kappa shape index (κ3) is 4.50. The fourth-order valence-corrected chi connectivity index (χ4v) is 1.82. The van der Waals surface area contributed by atoms with Gasteiger partial charge in [-0.2, -0.15) is 0 Å². The Morgan fingerprint density at radius 3 is 2.83 bits per heavy atom. The van der Waals surface area contributed by atoms with Crippen LogP contribution >= 0.6 is 23.8 Å². The molecule has 6 heteroatoms. The summed E-state index contributed by atoms with van der Waals surface area (Å²) in [5.74, 6) is 0.00361. The Morgan fingerprint density at radius 2 is 2.22 bits per heavy atom. The molecule has 0 atom stereocenters. The number of halogens is 1. The van der Waals surface area contributed by atoms with E-state index in [1.807, 2.05) is 6.92 Å². The summed E-state index contributed by atoms with van der Waals surface area (Å²) in [5, 5.41) is 6.43. The molecular formula is C12H16ClN3OS. The van der Waals surface area contributed by atoms with Crippen LogP contribution in [0.15, 0.2) is 18.2 Å². The van der Waals surface area contributed by atoms with Crippen LogP contribution < -0.4 is 16.4 Å². The van der Waals surface area contributed by atoms with Crippen LogP contribution in [0, 0.1) is 0 Å². The highest BCUT2D eigenvalue weighted by Gasteiger charge is 2.06. The molecule has 0 heterocycles. The number of amides is 1. The number of anilines is 1. The minimum absolute atomic E-state index is 0.00361. The zero-order valence-electron chi connectivity index (χ0n) is 10.1. The zero-order valence-corrected chi connectivity index (χ0v) is 11.7. The normalized spacial score (nSPS) is 9.89. The van der Waals surface area contributed by atoms with Crippen molar-refractivity contribution in [3.8, 4) is 0 Å². The molecule has 0 radical (unpaired) electrons. The number of hydrogen-bond donors (Lipinski definition) is 3. The van der Waals surface area contributed by atoms with Crippen molar-refractivity contribution in [2.24, 2.45) is 5.73 Å². The van der Waals surface area contributed by atoms with E-state index in [-0.39, 0.29) is 5.91 Å². The van der Waals surface area contributed by atoms with Crippen LogP contribution in [0.1, 0.15) is 18.9 Å². The predicted molar refractivity (Wildman–Crippen MR) is 79.1 cm³/mol. The number of nitrogens with two attached hydrogens (primary N) is 1. The maximum atomic E-state index is 11.3. The molecule has 0 spiro atoms. The van der Waals surface area contributed by atoms with Gasteiger partial charge in [-0.25, -0.2) is 0 Å². The minimum atomic E-state index is 0.00361. The van der Waals surface area contributed by atoms with Gasteiger partial charge < -0.3 is 16.4 Å². The molecule has 4 N–H and O–H groups in total.